The molecule has 3 aromatic rings. The SMILES string of the molecule is C#CC[C@H](NC(=O)OCC1c2ccccc2-c2ccccc21)C(=O)NC(C)(C)C(=O)OCc1ccccc1. The minimum absolute atomic E-state index is 0.0742. The quantitative estimate of drug-likeness (QED) is 0.325. The molecule has 1 aliphatic rings. The molecule has 194 valence electrons. The predicted molar refractivity (Wildman–Crippen MR) is 144 cm³/mol. The van der Waals surface area contributed by atoms with E-state index >= 15 is 0 Å². The molecule has 0 saturated heterocycles. The van der Waals surface area contributed by atoms with Crippen LogP contribution in [-0.2, 0) is 25.7 Å². The monoisotopic (exact) mass is 510 g/mol. The van der Waals surface area contributed by atoms with Crippen molar-refractivity contribution in [3.8, 4) is 23.5 Å². The average molecular weight is 511 g/mol. The molecule has 1 aliphatic carbocycles. The molecule has 2 N–H and O–H groups in total. The summed E-state index contributed by atoms with van der Waals surface area (Å²) in [6.07, 6.45) is 4.59. The minimum atomic E-state index is -1.35. The number of amides is 2. The summed E-state index contributed by atoms with van der Waals surface area (Å²) in [4.78, 5) is 38.3. The van der Waals surface area contributed by atoms with Crippen LogP contribution in [-0.4, -0.2) is 36.2 Å². The van der Waals surface area contributed by atoms with E-state index in [4.69, 9.17) is 15.9 Å². The van der Waals surface area contributed by atoms with Crippen LogP contribution in [0.5, 0.6) is 0 Å². The van der Waals surface area contributed by atoms with Crippen molar-refractivity contribution in [1.29, 1.82) is 0 Å². The van der Waals surface area contributed by atoms with Crippen molar-refractivity contribution in [3.63, 3.8) is 0 Å². The first-order valence-corrected chi connectivity index (χ1v) is 12.4. The Morgan fingerprint density at radius 1 is 0.895 bits per heavy atom. The van der Waals surface area contributed by atoms with Crippen LogP contribution >= 0.6 is 0 Å². The number of hydrogen-bond donors (Lipinski definition) is 2. The van der Waals surface area contributed by atoms with Gasteiger partial charge in [-0.3, -0.25) is 4.79 Å². The standard InChI is InChI=1S/C31H30N2O5/c1-4-12-27(28(34)33-31(2,3)29(35)37-19-21-13-6-5-7-14-21)32-30(36)38-20-26-24-17-10-8-15-22(24)23-16-9-11-18-25(23)26/h1,5-11,13-18,26-27H,12,19-20H2,2-3H3,(H,32,36)(H,33,34)/t27-/m0/s1. The molecule has 0 bridgehead atoms. The number of ether oxygens (including phenoxy) is 2. The van der Waals surface area contributed by atoms with Crippen LogP contribution in [0.25, 0.3) is 11.1 Å². The Morgan fingerprint density at radius 3 is 2.08 bits per heavy atom. The lowest BCUT2D eigenvalue weighted by atomic mass is 9.98. The van der Waals surface area contributed by atoms with E-state index in [0.29, 0.717) is 0 Å². The summed E-state index contributed by atoms with van der Waals surface area (Å²) in [5, 5.41) is 5.17. The highest BCUT2D eigenvalue weighted by Gasteiger charge is 2.35. The molecule has 2 amide bonds. The maximum absolute atomic E-state index is 13.0. The molecule has 0 saturated carbocycles. The van der Waals surface area contributed by atoms with Crippen molar-refractivity contribution in [2.45, 2.75) is 44.4 Å². The minimum Gasteiger partial charge on any atom is -0.459 e. The Hall–Kier alpha value is -4.57. The van der Waals surface area contributed by atoms with Crippen LogP contribution < -0.4 is 10.6 Å². The van der Waals surface area contributed by atoms with Gasteiger partial charge in [0.2, 0.25) is 5.91 Å². The molecule has 7 heteroatoms. The molecule has 0 aliphatic heterocycles. The van der Waals surface area contributed by atoms with E-state index in [9.17, 15) is 14.4 Å². The Bertz CT molecular complexity index is 1310. The number of esters is 1. The van der Waals surface area contributed by atoms with Gasteiger partial charge in [-0.2, -0.15) is 0 Å². The largest absolute Gasteiger partial charge is 0.459 e. The van der Waals surface area contributed by atoms with E-state index in [1.165, 1.54) is 13.8 Å². The number of carbonyl (C=O) groups excluding carboxylic acids is 3. The summed E-state index contributed by atoms with van der Waals surface area (Å²) in [6, 6.07) is 24.1. The fourth-order valence-electron chi connectivity index (χ4n) is 4.46. The summed E-state index contributed by atoms with van der Waals surface area (Å²) < 4.78 is 10.9. The maximum Gasteiger partial charge on any atom is 0.407 e. The van der Waals surface area contributed by atoms with Gasteiger partial charge in [0.15, 0.2) is 0 Å². The number of benzene rings is 3. The van der Waals surface area contributed by atoms with E-state index in [0.717, 1.165) is 27.8 Å². The zero-order valence-corrected chi connectivity index (χ0v) is 21.4. The normalized spacial score (nSPS) is 12.9. The van der Waals surface area contributed by atoms with Gasteiger partial charge in [-0.1, -0.05) is 78.9 Å². The molecular weight excluding hydrogens is 480 g/mol. The summed E-state index contributed by atoms with van der Waals surface area (Å²) in [7, 11) is 0. The molecule has 3 aromatic carbocycles. The van der Waals surface area contributed by atoms with E-state index < -0.39 is 29.6 Å². The zero-order chi connectivity index (χ0) is 27.1. The second-order valence-corrected chi connectivity index (χ2v) is 9.61. The second-order valence-electron chi connectivity index (χ2n) is 9.61. The molecule has 0 radical (unpaired) electrons. The van der Waals surface area contributed by atoms with Crippen LogP contribution in [0.1, 0.15) is 42.9 Å². The lowest BCUT2D eigenvalue weighted by Gasteiger charge is -2.27. The Balaban J connectivity index is 1.34. The molecule has 0 spiro atoms. The van der Waals surface area contributed by atoms with Crippen LogP contribution in [0.2, 0.25) is 0 Å². The summed E-state index contributed by atoms with van der Waals surface area (Å²) >= 11 is 0. The molecule has 1 atom stereocenters. The van der Waals surface area contributed by atoms with E-state index in [1.807, 2.05) is 78.9 Å². The number of terminal acetylenes is 1. The number of carbonyl (C=O) groups is 3. The van der Waals surface area contributed by atoms with Crippen molar-refractivity contribution in [2.24, 2.45) is 0 Å². The third-order valence-electron chi connectivity index (χ3n) is 6.43. The van der Waals surface area contributed by atoms with E-state index in [2.05, 4.69) is 16.6 Å². The number of nitrogens with one attached hydrogen (secondary N) is 2. The highest BCUT2D eigenvalue weighted by Crippen LogP contribution is 2.44. The van der Waals surface area contributed by atoms with Gasteiger partial charge in [-0.05, 0) is 41.7 Å². The van der Waals surface area contributed by atoms with Gasteiger partial charge in [0.1, 0.15) is 24.8 Å². The molecule has 0 fully saturated rings. The van der Waals surface area contributed by atoms with E-state index in [1.54, 1.807) is 0 Å². The van der Waals surface area contributed by atoms with Gasteiger partial charge in [-0.25, -0.2) is 9.59 Å². The summed E-state index contributed by atoms with van der Waals surface area (Å²) in [5.74, 6) is 1.04. The summed E-state index contributed by atoms with van der Waals surface area (Å²) in [5.41, 5.74) is 3.86. The van der Waals surface area contributed by atoms with Crippen molar-refractivity contribution in [2.75, 3.05) is 6.61 Å². The first-order valence-electron chi connectivity index (χ1n) is 12.4. The molecular formula is C31H30N2O5. The van der Waals surface area contributed by atoms with Gasteiger partial charge in [0.25, 0.3) is 0 Å². The Morgan fingerprint density at radius 2 is 1.47 bits per heavy atom. The van der Waals surface area contributed by atoms with E-state index in [-0.39, 0.29) is 25.6 Å². The highest BCUT2D eigenvalue weighted by molar-refractivity contribution is 5.91. The topological polar surface area (TPSA) is 93.7 Å². The van der Waals surface area contributed by atoms with Gasteiger partial charge >= 0.3 is 12.1 Å². The van der Waals surface area contributed by atoms with Crippen LogP contribution in [0.4, 0.5) is 4.79 Å². The lowest BCUT2D eigenvalue weighted by Crippen LogP contribution is -2.56. The fraction of sp³-hybridized carbons (Fsp3) is 0.258. The van der Waals surface area contributed by atoms with Gasteiger partial charge in [0, 0.05) is 12.3 Å². The van der Waals surface area contributed by atoms with Crippen molar-refractivity contribution in [3.05, 3.63) is 95.6 Å². The first-order chi connectivity index (χ1) is 18.3. The number of rotatable bonds is 9. The van der Waals surface area contributed by atoms with Gasteiger partial charge in [0.05, 0.1) is 0 Å². The Kier molecular flexibility index (Phi) is 8.12. The summed E-state index contributed by atoms with van der Waals surface area (Å²) in [6.45, 7) is 3.23. The maximum atomic E-state index is 13.0. The molecule has 38 heavy (non-hydrogen) atoms. The highest BCUT2D eigenvalue weighted by atomic mass is 16.5. The first kappa shape index (κ1) is 26.5. The van der Waals surface area contributed by atoms with Crippen LogP contribution in [0.3, 0.4) is 0 Å². The van der Waals surface area contributed by atoms with Gasteiger partial charge in [-0.15, -0.1) is 12.3 Å². The van der Waals surface area contributed by atoms with Gasteiger partial charge < -0.3 is 20.1 Å². The number of fused-ring (bicyclic) bond motifs is 3. The molecule has 4 rings (SSSR count). The van der Waals surface area contributed by atoms with Crippen LogP contribution in [0, 0.1) is 12.3 Å². The number of hydrogen-bond acceptors (Lipinski definition) is 5. The third kappa shape index (κ3) is 6.04. The molecule has 0 heterocycles. The lowest BCUT2D eigenvalue weighted by molar-refractivity contribution is -0.153. The van der Waals surface area contributed by atoms with Crippen LogP contribution in [0.15, 0.2) is 78.9 Å². The fourth-order valence-corrected chi connectivity index (χ4v) is 4.46. The van der Waals surface area contributed by atoms with Crippen molar-refractivity contribution >= 4 is 18.0 Å². The average Bonchev–Trinajstić information content (AvgIpc) is 3.24. The zero-order valence-electron chi connectivity index (χ0n) is 21.4. The molecule has 0 aromatic heterocycles. The predicted octanol–water partition coefficient (Wildman–Crippen LogP) is 4.56. The van der Waals surface area contributed by atoms with Crippen molar-refractivity contribution in [1.82, 2.24) is 10.6 Å². The number of alkyl carbamates (subject to hydrolysis) is 1. The smallest absolute Gasteiger partial charge is 0.407 e. The second kappa shape index (κ2) is 11.7. The third-order valence-corrected chi connectivity index (χ3v) is 6.43. The molecule has 7 nitrogen and oxygen atoms in total. The Labute approximate surface area is 222 Å². The van der Waals surface area contributed by atoms with Crippen molar-refractivity contribution < 1.29 is 23.9 Å². The molecule has 0 unspecified atom stereocenters.